The number of aromatic nitrogens is 2. The van der Waals surface area contributed by atoms with Crippen LogP contribution in [0.2, 0.25) is 0 Å². The van der Waals surface area contributed by atoms with E-state index in [2.05, 4.69) is 41.6 Å². The number of hydrogen-bond acceptors (Lipinski definition) is 6. The van der Waals surface area contributed by atoms with Crippen LogP contribution >= 0.6 is 11.8 Å². The molecule has 2 aromatic carbocycles. The summed E-state index contributed by atoms with van der Waals surface area (Å²) in [7, 11) is 0. The van der Waals surface area contributed by atoms with E-state index in [1.165, 1.54) is 5.56 Å². The largest absolute Gasteiger partial charge is 0.411 e. The van der Waals surface area contributed by atoms with Crippen molar-refractivity contribution in [2.75, 3.05) is 5.75 Å². The van der Waals surface area contributed by atoms with E-state index in [4.69, 9.17) is 4.42 Å². The standard InChI is InChI=1S/C22H24N4O3S/c1-22(2,3)17-11-9-16(10-12-17)19-25-26-21(29-19)30-14-18(27)24-20(28)23-13-15-7-5-4-6-8-15/h4-12H,13-14H2,1-3H3,(H2,23,24,27,28). The van der Waals surface area contributed by atoms with Crippen molar-refractivity contribution in [2.24, 2.45) is 0 Å². The van der Waals surface area contributed by atoms with Crippen LogP contribution in [0.5, 0.6) is 0 Å². The molecular formula is C22H24N4O3S. The van der Waals surface area contributed by atoms with E-state index in [1.807, 2.05) is 54.6 Å². The van der Waals surface area contributed by atoms with Crippen LogP contribution in [0.25, 0.3) is 11.5 Å². The topological polar surface area (TPSA) is 97.1 Å². The monoisotopic (exact) mass is 424 g/mol. The fraction of sp³-hybridized carbons (Fsp3) is 0.273. The first-order valence-electron chi connectivity index (χ1n) is 9.50. The summed E-state index contributed by atoms with van der Waals surface area (Å²) < 4.78 is 5.62. The van der Waals surface area contributed by atoms with Gasteiger partial charge in [0, 0.05) is 12.1 Å². The van der Waals surface area contributed by atoms with Gasteiger partial charge in [-0.25, -0.2) is 4.79 Å². The summed E-state index contributed by atoms with van der Waals surface area (Å²) in [6, 6.07) is 16.8. The smallest absolute Gasteiger partial charge is 0.321 e. The van der Waals surface area contributed by atoms with Gasteiger partial charge in [-0.3, -0.25) is 10.1 Å². The number of carbonyl (C=O) groups is 2. The van der Waals surface area contributed by atoms with Crippen molar-refractivity contribution < 1.29 is 14.0 Å². The van der Waals surface area contributed by atoms with Crippen LogP contribution in [-0.4, -0.2) is 27.9 Å². The Bertz CT molecular complexity index is 995. The van der Waals surface area contributed by atoms with E-state index in [9.17, 15) is 9.59 Å². The zero-order valence-corrected chi connectivity index (χ0v) is 18.0. The average molecular weight is 425 g/mol. The van der Waals surface area contributed by atoms with Gasteiger partial charge in [0.05, 0.1) is 5.75 Å². The van der Waals surface area contributed by atoms with E-state index in [-0.39, 0.29) is 16.4 Å². The quantitative estimate of drug-likeness (QED) is 0.577. The van der Waals surface area contributed by atoms with E-state index in [1.54, 1.807) is 0 Å². The first-order chi connectivity index (χ1) is 14.3. The van der Waals surface area contributed by atoms with E-state index in [0.717, 1.165) is 22.9 Å². The fourth-order valence-electron chi connectivity index (χ4n) is 2.61. The molecule has 7 nitrogen and oxygen atoms in total. The Balaban J connectivity index is 1.46. The third-order valence-electron chi connectivity index (χ3n) is 4.28. The van der Waals surface area contributed by atoms with Gasteiger partial charge in [0.2, 0.25) is 11.8 Å². The maximum Gasteiger partial charge on any atom is 0.321 e. The van der Waals surface area contributed by atoms with E-state index < -0.39 is 11.9 Å². The van der Waals surface area contributed by atoms with Crippen LogP contribution in [0.4, 0.5) is 4.79 Å². The molecule has 0 aliphatic heterocycles. The maximum absolute atomic E-state index is 12.0. The van der Waals surface area contributed by atoms with Gasteiger partial charge < -0.3 is 9.73 Å². The Morgan fingerprint density at radius 2 is 1.70 bits per heavy atom. The van der Waals surface area contributed by atoms with Gasteiger partial charge in [-0.15, -0.1) is 10.2 Å². The molecule has 1 aromatic heterocycles. The zero-order chi connectivity index (χ0) is 21.6. The SMILES string of the molecule is CC(C)(C)c1ccc(-c2nnc(SCC(=O)NC(=O)NCc3ccccc3)o2)cc1. The van der Waals surface area contributed by atoms with Crippen molar-refractivity contribution in [2.45, 2.75) is 38.0 Å². The Hall–Kier alpha value is -3.13. The summed E-state index contributed by atoms with van der Waals surface area (Å²) in [6.07, 6.45) is 0. The highest BCUT2D eigenvalue weighted by Gasteiger charge is 2.16. The first kappa shape index (κ1) is 21.6. The molecule has 30 heavy (non-hydrogen) atoms. The molecule has 3 amide bonds. The molecule has 0 unspecified atom stereocenters. The van der Waals surface area contributed by atoms with Crippen LogP contribution < -0.4 is 10.6 Å². The summed E-state index contributed by atoms with van der Waals surface area (Å²) >= 11 is 1.08. The normalized spacial score (nSPS) is 11.2. The predicted octanol–water partition coefficient (Wildman–Crippen LogP) is 4.15. The zero-order valence-electron chi connectivity index (χ0n) is 17.1. The number of thioether (sulfide) groups is 1. The third kappa shape index (κ3) is 6.18. The Labute approximate surface area is 179 Å². The highest BCUT2D eigenvalue weighted by Crippen LogP contribution is 2.27. The minimum Gasteiger partial charge on any atom is -0.411 e. The average Bonchev–Trinajstić information content (AvgIpc) is 3.20. The molecule has 0 radical (unpaired) electrons. The van der Waals surface area contributed by atoms with Crippen molar-refractivity contribution in [3.63, 3.8) is 0 Å². The molecule has 156 valence electrons. The number of nitrogens with one attached hydrogen (secondary N) is 2. The molecule has 0 saturated heterocycles. The van der Waals surface area contributed by atoms with Gasteiger partial charge >= 0.3 is 6.03 Å². The molecule has 8 heteroatoms. The molecule has 0 atom stereocenters. The van der Waals surface area contributed by atoms with Crippen LogP contribution in [0.1, 0.15) is 31.9 Å². The number of amides is 3. The second kappa shape index (κ2) is 9.58. The van der Waals surface area contributed by atoms with Gasteiger partial charge in [-0.2, -0.15) is 0 Å². The minimum absolute atomic E-state index is 0.0106. The minimum atomic E-state index is -0.547. The predicted molar refractivity (Wildman–Crippen MR) is 116 cm³/mol. The number of urea groups is 1. The van der Waals surface area contributed by atoms with Crippen molar-refractivity contribution in [1.29, 1.82) is 0 Å². The Morgan fingerprint density at radius 3 is 2.37 bits per heavy atom. The fourth-order valence-corrected chi connectivity index (χ4v) is 3.17. The summed E-state index contributed by atoms with van der Waals surface area (Å²) in [5.41, 5.74) is 3.04. The lowest BCUT2D eigenvalue weighted by Crippen LogP contribution is -2.39. The lowest BCUT2D eigenvalue weighted by Gasteiger charge is -2.18. The third-order valence-corrected chi connectivity index (χ3v) is 5.10. The summed E-state index contributed by atoms with van der Waals surface area (Å²) in [5.74, 6) is -0.0672. The van der Waals surface area contributed by atoms with Crippen molar-refractivity contribution >= 4 is 23.7 Å². The summed E-state index contributed by atoms with van der Waals surface area (Å²) in [4.78, 5) is 23.8. The van der Waals surface area contributed by atoms with Gasteiger partial charge in [-0.1, -0.05) is 75.0 Å². The summed E-state index contributed by atoms with van der Waals surface area (Å²) in [6.45, 7) is 6.79. The number of hydrogen-bond donors (Lipinski definition) is 2. The van der Waals surface area contributed by atoms with Crippen LogP contribution in [-0.2, 0) is 16.8 Å². The molecule has 3 rings (SSSR count). The van der Waals surface area contributed by atoms with Crippen molar-refractivity contribution in [3.8, 4) is 11.5 Å². The van der Waals surface area contributed by atoms with E-state index in [0.29, 0.717) is 12.4 Å². The number of benzene rings is 2. The molecule has 0 aliphatic carbocycles. The van der Waals surface area contributed by atoms with Crippen molar-refractivity contribution in [3.05, 3.63) is 65.7 Å². The molecule has 0 bridgehead atoms. The molecule has 3 aromatic rings. The number of carbonyl (C=O) groups excluding carboxylic acids is 2. The second-order valence-electron chi connectivity index (χ2n) is 7.71. The van der Waals surface area contributed by atoms with Crippen LogP contribution in [0, 0.1) is 0 Å². The molecule has 1 heterocycles. The molecule has 2 N–H and O–H groups in total. The highest BCUT2D eigenvalue weighted by atomic mass is 32.2. The highest BCUT2D eigenvalue weighted by molar-refractivity contribution is 7.99. The molecular weight excluding hydrogens is 400 g/mol. The Kier molecular flexibility index (Phi) is 6.89. The summed E-state index contributed by atoms with van der Waals surface area (Å²) in [5, 5.41) is 13.2. The van der Waals surface area contributed by atoms with Crippen LogP contribution in [0.15, 0.2) is 64.2 Å². The van der Waals surface area contributed by atoms with Gasteiger partial charge in [0.15, 0.2) is 0 Å². The van der Waals surface area contributed by atoms with Gasteiger partial charge in [-0.05, 0) is 28.7 Å². The second-order valence-corrected chi connectivity index (χ2v) is 8.63. The number of nitrogens with zero attached hydrogens (tertiary/aromatic N) is 2. The number of imide groups is 1. The Morgan fingerprint density at radius 1 is 1.00 bits per heavy atom. The molecule has 0 fully saturated rings. The lowest BCUT2D eigenvalue weighted by atomic mass is 9.87. The maximum atomic E-state index is 12.0. The molecule has 0 saturated carbocycles. The number of rotatable bonds is 6. The molecule has 0 spiro atoms. The van der Waals surface area contributed by atoms with Crippen molar-refractivity contribution in [1.82, 2.24) is 20.8 Å². The van der Waals surface area contributed by atoms with E-state index >= 15 is 0 Å². The first-order valence-corrected chi connectivity index (χ1v) is 10.5. The lowest BCUT2D eigenvalue weighted by molar-refractivity contribution is -0.117. The molecule has 0 aliphatic rings. The van der Waals surface area contributed by atoms with Gasteiger partial charge in [0.25, 0.3) is 5.22 Å². The van der Waals surface area contributed by atoms with Gasteiger partial charge in [0.1, 0.15) is 0 Å². The van der Waals surface area contributed by atoms with Crippen LogP contribution in [0.3, 0.4) is 0 Å².